The lowest BCUT2D eigenvalue weighted by Crippen LogP contribution is -2.37. The molecule has 20 heavy (non-hydrogen) atoms. The summed E-state index contributed by atoms with van der Waals surface area (Å²) in [5, 5.41) is 1.77. The number of aromatic nitrogens is 2. The molecule has 1 aromatic carbocycles. The van der Waals surface area contributed by atoms with E-state index in [1.54, 1.807) is 23.6 Å². The summed E-state index contributed by atoms with van der Waals surface area (Å²) in [7, 11) is 1.45. The van der Waals surface area contributed by atoms with Crippen molar-refractivity contribution in [2.24, 2.45) is 7.05 Å². The fraction of sp³-hybridized carbons (Fsp3) is 0.143. The summed E-state index contributed by atoms with van der Waals surface area (Å²) in [6.45, 7) is 0.234. The van der Waals surface area contributed by atoms with Gasteiger partial charge in [0.2, 0.25) is 0 Å². The first-order chi connectivity index (χ1) is 9.58. The van der Waals surface area contributed by atoms with Crippen LogP contribution >= 0.6 is 11.3 Å². The summed E-state index contributed by atoms with van der Waals surface area (Å²) in [5.74, 6) is -0.345. The highest BCUT2D eigenvalue weighted by molar-refractivity contribution is 7.17. The molecule has 102 valence electrons. The van der Waals surface area contributed by atoms with E-state index >= 15 is 0 Å². The fourth-order valence-corrected chi connectivity index (χ4v) is 3.04. The molecule has 0 aliphatic carbocycles. The minimum absolute atomic E-state index is 0.234. The Morgan fingerprint density at radius 3 is 2.80 bits per heavy atom. The Morgan fingerprint density at radius 2 is 2.05 bits per heavy atom. The van der Waals surface area contributed by atoms with E-state index < -0.39 is 5.69 Å². The molecule has 3 aromatic rings. The van der Waals surface area contributed by atoms with Crippen LogP contribution in [0.4, 0.5) is 4.39 Å². The predicted molar refractivity (Wildman–Crippen MR) is 76.8 cm³/mol. The van der Waals surface area contributed by atoms with Gasteiger partial charge in [0.1, 0.15) is 10.5 Å². The molecule has 2 heterocycles. The number of benzene rings is 1. The highest BCUT2D eigenvalue weighted by Crippen LogP contribution is 2.16. The van der Waals surface area contributed by atoms with Gasteiger partial charge in [0.15, 0.2) is 0 Å². The van der Waals surface area contributed by atoms with Crippen LogP contribution < -0.4 is 11.2 Å². The van der Waals surface area contributed by atoms with Crippen LogP contribution in [0.25, 0.3) is 10.2 Å². The maximum atomic E-state index is 13.2. The van der Waals surface area contributed by atoms with Crippen LogP contribution in [0.2, 0.25) is 0 Å². The van der Waals surface area contributed by atoms with Crippen molar-refractivity contribution in [2.75, 3.05) is 0 Å². The predicted octanol–water partition coefficient (Wildman–Crippen LogP) is 1.95. The van der Waals surface area contributed by atoms with Gasteiger partial charge in [-0.05, 0) is 29.1 Å². The fourth-order valence-electron chi connectivity index (χ4n) is 2.17. The largest absolute Gasteiger partial charge is 0.331 e. The Morgan fingerprint density at radius 1 is 1.25 bits per heavy atom. The average molecular weight is 290 g/mol. The van der Waals surface area contributed by atoms with E-state index in [4.69, 9.17) is 0 Å². The first-order valence-electron chi connectivity index (χ1n) is 5.99. The van der Waals surface area contributed by atoms with Crippen molar-refractivity contribution in [1.82, 2.24) is 9.13 Å². The van der Waals surface area contributed by atoms with E-state index in [-0.39, 0.29) is 17.9 Å². The van der Waals surface area contributed by atoms with Gasteiger partial charge < -0.3 is 0 Å². The molecule has 0 bridgehead atoms. The molecule has 3 rings (SSSR count). The lowest BCUT2D eigenvalue weighted by atomic mass is 10.2. The van der Waals surface area contributed by atoms with Crippen molar-refractivity contribution in [3.8, 4) is 0 Å². The van der Waals surface area contributed by atoms with Gasteiger partial charge in [0, 0.05) is 7.05 Å². The normalized spacial score (nSPS) is 11.1. The van der Waals surface area contributed by atoms with Crippen LogP contribution in [0.5, 0.6) is 0 Å². The van der Waals surface area contributed by atoms with Crippen molar-refractivity contribution in [2.45, 2.75) is 6.54 Å². The van der Waals surface area contributed by atoms with Crippen LogP contribution in [0.3, 0.4) is 0 Å². The molecule has 0 amide bonds. The maximum Gasteiger partial charge on any atom is 0.331 e. The third-order valence-corrected chi connectivity index (χ3v) is 4.07. The molecule has 0 aliphatic heterocycles. The number of rotatable bonds is 2. The highest BCUT2D eigenvalue weighted by atomic mass is 32.1. The van der Waals surface area contributed by atoms with Gasteiger partial charge in [0.05, 0.1) is 12.1 Å². The second-order valence-electron chi connectivity index (χ2n) is 4.50. The zero-order valence-corrected chi connectivity index (χ0v) is 11.5. The quantitative estimate of drug-likeness (QED) is 0.724. The van der Waals surface area contributed by atoms with E-state index in [0.29, 0.717) is 15.8 Å². The molecule has 0 radical (unpaired) electrons. The molecule has 0 N–H and O–H groups in total. The van der Waals surface area contributed by atoms with Crippen molar-refractivity contribution in [3.63, 3.8) is 0 Å². The monoisotopic (exact) mass is 290 g/mol. The Bertz CT molecular complexity index is 907. The molecule has 0 atom stereocenters. The second-order valence-corrected chi connectivity index (χ2v) is 5.41. The van der Waals surface area contributed by atoms with Gasteiger partial charge in [-0.2, -0.15) is 0 Å². The third kappa shape index (κ3) is 1.98. The first kappa shape index (κ1) is 12.8. The Hall–Kier alpha value is -2.21. The molecule has 2 aromatic heterocycles. The number of thiophene rings is 1. The minimum atomic E-state index is -0.398. The van der Waals surface area contributed by atoms with E-state index in [2.05, 4.69) is 0 Å². The Kier molecular flexibility index (Phi) is 3.02. The summed E-state index contributed by atoms with van der Waals surface area (Å²) in [5.41, 5.74) is 0.575. The lowest BCUT2D eigenvalue weighted by Gasteiger charge is -2.09. The summed E-state index contributed by atoms with van der Waals surface area (Å²) in [6, 6.07) is 7.83. The zero-order chi connectivity index (χ0) is 14.3. The molecule has 0 spiro atoms. The molecular weight excluding hydrogens is 279 g/mol. The number of hydrogen-bond acceptors (Lipinski definition) is 3. The third-order valence-electron chi connectivity index (χ3n) is 3.18. The highest BCUT2D eigenvalue weighted by Gasteiger charge is 2.12. The molecule has 0 saturated heterocycles. The number of nitrogens with zero attached hydrogens (tertiary/aromatic N) is 2. The van der Waals surface area contributed by atoms with Gasteiger partial charge >= 0.3 is 5.69 Å². The number of halogens is 1. The molecule has 0 aliphatic rings. The number of fused-ring (bicyclic) bond motifs is 1. The number of hydrogen-bond donors (Lipinski definition) is 0. The molecule has 0 saturated carbocycles. The first-order valence-corrected chi connectivity index (χ1v) is 6.87. The average Bonchev–Trinajstić information content (AvgIpc) is 2.90. The molecule has 0 fully saturated rings. The molecule has 0 unspecified atom stereocenters. The zero-order valence-electron chi connectivity index (χ0n) is 10.7. The SMILES string of the molecule is Cn1c(=O)c2sccc2n(Cc2cccc(F)c2)c1=O. The Balaban J connectivity index is 2.24. The van der Waals surface area contributed by atoms with E-state index in [0.717, 1.165) is 4.57 Å². The van der Waals surface area contributed by atoms with Crippen LogP contribution in [-0.2, 0) is 13.6 Å². The minimum Gasteiger partial charge on any atom is -0.288 e. The van der Waals surface area contributed by atoms with Gasteiger partial charge in [0.25, 0.3) is 5.56 Å². The van der Waals surface area contributed by atoms with Gasteiger partial charge in [-0.15, -0.1) is 11.3 Å². The maximum absolute atomic E-state index is 13.2. The van der Waals surface area contributed by atoms with Crippen LogP contribution in [0.15, 0.2) is 45.3 Å². The van der Waals surface area contributed by atoms with Crippen molar-refractivity contribution in [1.29, 1.82) is 0 Å². The van der Waals surface area contributed by atoms with Crippen molar-refractivity contribution >= 4 is 21.6 Å². The van der Waals surface area contributed by atoms with Gasteiger partial charge in [-0.25, -0.2) is 9.18 Å². The van der Waals surface area contributed by atoms with Gasteiger partial charge in [-0.3, -0.25) is 13.9 Å². The lowest BCUT2D eigenvalue weighted by molar-refractivity contribution is 0.620. The Labute approximate surface area is 117 Å². The van der Waals surface area contributed by atoms with Crippen LogP contribution in [0, 0.1) is 5.82 Å². The van der Waals surface area contributed by atoms with Crippen LogP contribution in [-0.4, -0.2) is 9.13 Å². The molecule has 6 heteroatoms. The summed E-state index contributed by atoms with van der Waals surface area (Å²) < 4.78 is 16.3. The van der Waals surface area contributed by atoms with Crippen LogP contribution in [0.1, 0.15) is 5.56 Å². The molecule has 4 nitrogen and oxygen atoms in total. The van der Waals surface area contributed by atoms with E-state index in [1.165, 1.54) is 35.1 Å². The smallest absolute Gasteiger partial charge is 0.288 e. The summed E-state index contributed by atoms with van der Waals surface area (Å²) in [6.07, 6.45) is 0. The van der Waals surface area contributed by atoms with Crippen molar-refractivity contribution in [3.05, 3.63) is 67.9 Å². The van der Waals surface area contributed by atoms with Gasteiger partial charge in [-0.1, -0.05) is 12.1 Å². The van der Waals surface area contributed by atoms with E-state index in [1.807, 2.05) is 0 Å². The molecular formula is C14H11FN2O2S. The van der Waals surface area contributed by atoms with E-state index in [9.17, 15) is 14.0 Å². The summed E-state index contributed by atoms with van der Waals surface area (Å²) in [4.78, 5) is 24.2. The second kappa shape index (κ2) is 4.72. The topological polar surface area (TPSA) is 44.0 Å². The summed E-state index contributed by atoms with van der Waals surface area (Å²) >= 11 is 1.30. The van der Waals surface area contributed by atoms with Crippen molar-refractivity contribution < 1.29 is 4.39 Å². The standard InChI is InChI=1S/C14H11FN2O2S/c1-16-13(18)12-11(5-6-20-12)17(14(16)19)8-9-3-2-4-10(15)7-9/h2-7H,8H2,1H3.